The zero-order valence-corrected chi connectivity index (χ0v) is 10.9. The Kier molecular flexibility index (Phi) is 4.82. The lowest BCUT2D eigenvalue weighted by molar-refractivity contribution is -0.118. The molecule has 0 aliphatic rings. The first kappa shape index (κ1) is 13.8. The Bertz CT molecular complexity index is 354. The van der Waals surface area contributed by atoms with Gasteiger partial charge in [0.15, 0.2) is 0 Å². The highest BCUT2D eigenvalue weighted by molar-refractivity contribution is 5.81. The third kappa shape index (κ3) is 6.17. The third-order valence-electron chi connectivity index (χ3n) is 2.49. The molecule has 0 aliphatic heterocycles. The van der Waals surface area contributed by atoms with Gasteiger partial charge in [-0.25, -0.2) is 0 Å². The van der Waals surface area contributed by atoms with Crippen LogP contribution in [0.4, 0.5) is 0 Å². The Hall–Kier alpha value is -1.22. The molecule has 0 bridgehead atoms. The lowest BCUT2D eigenvalue weighted by Crippen LogP contribution is -2.29. The van der Waals surface area contributed by atoms with Crippen LogP contribution >= 0.6 is 0 Å². The SMILES string of the molecule is CC(C)(C)CC(N)CC(=O)Cc1cccnc1. The van der Waals surface area contributed by atoms with E-state index in [1.54, 1.807) is 12.4 Å². The van der Waals surface area contributed by atoms with Crippen LogP contribution in [0.1, 0.15) is 39.2 Å². The molecule has 94 valence electrons. The molecule has 0 radical (unpaired) electrons. The van der Waals surface area contributed by atoms with Crippen molar-refractivity contribution in [3.63, 3.8) is 0 Å². The summed E-state index contributed by atoms with van der Waals surface area (Å²) in [6, 6.07) is 3.72. The summed E-state index contributed by atoms with van der Waals surface area (Å²) in [5.74, 6) is 0.190. The van der Waals surface area contributed by atoms with Crippen molar-refractivity contribution in [1.82, 2.24) is 4.98 Å². The number of hydrogen-bond donors (Lipinski definition) is 1. The van der Waals surface area contributed by atoms with E-state index in [1.807, 2.05) is 12.1 Å². The van der Waals surface area contributed by atoms with E-state index in [9.17, 15) is 4.79 Å². The molecule has 0 aliphatic carbocycles. The zero-order chi connectivity index (χ0) is 12.9. The van der Waals surface area contributed by atoms with Gasteiger partial charge in [-0.05, 0) is 23.5 Å². The minimum Gasteiger partial charge on any atom is -0.327 e. The summed E-state index contributed by atoms with van der Waals surface area (Å²) in [5.41, 5.74) is 7.11. The average molecular weight is 234 g/mol. The first-order chi connectivity index (χ1) is 7.87. The van der Waals surface area contributed by atoms with Crippen molar-refractivity contribution in [2.45, 2.75) is 46.1 Å². The van der Waals surface area contributed by atoms with Gasteiger partial charge >= 0.3 is 0 Å². The van der Waals surface area contributed by atoms with Gasteiger partial charge in [-0.3, -0.25) is 9.78 Å². The zero-order valence-electron chi connectivity index (χ0n) is 10.9. The van der Waals surface area contributed by atoms with Crippen molar-refractivity contribution in [1.29, 1.82) is 0 Å². The van der Waals surface area contributed by atoms with Gasteiger partial charge in [-0.1, -0.05) is 26.8 Å². The Morgan fingerprint density at radius 1 is 1.47 bits per heavy atom. The molecule has 3 heteroatoms. The van der Waals surface area contributed by atoms with Crippen LogP contribution in [0.25, 0.3) is 0 Å². The van der Waals surface area contributed by atoms with Crippen molar-refractivity contribution in [2.75, 3.05) is 0 Å². The first-order valence-corrected chi connectivity index (χ1v) is 6.03. The predicted octanol–water partition coefficient (Wildman–Crippen LogP) is 2.35. The van der Waals surface area contributed by atoms with Crippen LogP contribution in [0.5, 0.6) is 0 Å². The van der Waals surface area contributed by atoms with E-state index >= 15 is 0 Å². The Labute approximate surface area is 103 Å². The second-order valence-corrected chi connectivity index (χ2v) is 5.81. The molecule has 0 fully saturated rings. The summed E-state index contributed by atoms with van der Waals surface area (Å²) in [6.07, 6.45) is 5.19. The number of Topliss-reactive ketones (excluding diaryl/α,β-unsaturated/α-hetero) is 1. The van der Waals surface area contributed by atoms with E-state index in [0.29, 0.717) is 12.8 Å². The standard InChI is InChI=1S/C14H22N2O/c1-14(2,3)9-12(15)8-13(17)7-11-5-4-6-16-10-11/h4-6,10,12H,7-9,15H2,1-3H3. The van der Waals surface area contributed by atoms with Crippen LogP contribution in [0.2, 0.25) is 0 Å². The molecule has 3 nitrogen and oxygen atoms in total. The largest absolute Gasteiger partial charge is 0.327 e. The fourth-order valence-electron chi connectivity index (χ4n) is 1.95. The van der Waals surface area contributed by atoms with E-state index < -0.39 is 0 Å². The number of nitrogens with zero attached hydrogens (tertiary/aromatic N) is 1. The Morgan fingerprint density at radius 3 is 2.71 bits per heavy atom. The fraction of sp³-hybridized carbons (Fsp3) is 0.571. The normalized spacial score (nSPS) is 13.4. The van der Waals surface area contributed by atoms with E-state index in [-0.39, 0.29) is 17.2 Å². The van der Waals surface area contributed by atoms with E-state index in [1.165, 1.54) is 0 Å². The van der Waals surface area contributed by atoms with Gasteiger partial charge in [0.05, 0.1) is 0 Å². The molecular weight excluding hydrogens is 212 g/mol. The van der Waals surface area contributed by atoms with Crippen LogP contribution in [-0.2, 0) is 11.2 Å². The summed E-state index contributed by atoms with van der Waals surface area (Å²) in [7, 11) is 0. The number of nitrogens with two attached hydrogens (primary N) is 1. The molecule has 1 unspecified atom stereocenters. The maximum absolute atomic E-state index is 11.8. The van der Waals surface area contributed by atoms with Gasteiger partial charge in [0.25, 0.3) is 0 Å². The van der Waals surface area contributed by atoms with Crippen molar-refractivity contribution in [3.8, 4) is 0 Å². The summed E-state index contributed by atoms with van der Waals surface area (Å²) in [6.45, 7) is 6.41. The number of pyridine rings is 1. The van der Waals surface area contributed by atoms with Gasteiger partial charge < -0.3 is 5.73 Å². The monoisotopic (exact) mass is 234 g/mol. The van der Waals surface area contributed by atoms with Crippen LogP contribution in [0.15, 0.2) is 24.5 Å². The number of hydrogen-bond acceptors (Lipinski definition) is 3. The van der Waals surface area contributed by atoms with Crippen molar-refractivity contribution < 1.29 is 4.79 Å². The van der Waals surface area contributed by atoms with Gasteiger partial charge in [0.1, 0.15) is 5.78 Å². The van der Waals surface area contributed by atoms with Crippen LogP contribution < -0.4 is 5.73 Å². The highest BCUT2D eigenvalue weighted by Crippen LogP contribution is 2.21. The van der Waals surface area contributed by atoms with Crippen LogP contribution in [0, 0.1) is 5.41 Å². The van der Waals surface area contributed by atoms with Crippen molar-refractivity contribution in [2.24, 2.45) is 11.1 Å². The lowest BCUT2D eigenvalue weighted by atomic mass is 9.86. The summed E-state index contributed by atoms with van der Waals surface area (Å²) in [4.78, 5) is 15.8. The number of carbonyl (C=O) groups is 1. The van der Waals surface area contributed by atoms with Gasteiger partial charge in [0, 0.05) is 31.3 Å². The summed E-state index contributed by atoms with van der Waals surface area (Å²) < 4.78 is 0. The number of aromatic nitrogens is 1. The molecule has 0 aromatic carbocycles. The van der Waals surface area contributed by atoms with Gasteiger partial charge in [0.2, 0.25) is 0 Å². The fourth-order valence-corrected chi connectivity index (χ4v) is 1.95. The summed E-state index contributed by atoms with van der Waals surface area (Å²) >= 11 is 0. The lowest BCUT2D eigenvalue weighted by Gasteiger charge is -2.22. The molecule has 0 amide bonds. The van der Waals surface area contributed by atoms with Gasteiger partial charge in [-0.15, -0.1) is 0 Å². The molecule has 1 heterocycles. The van der Waals surface area contributed by atoms with Crippen molar-refractivity contribution in [3.05, 3.63) is 30.1 Å². The maximum Gasteiger partial charge on any atom is 0.138 e. The minimum atomic E-state index is -0.0424. The highest BCUT2D eigenvalue weighted by atomic mass is 16.1. The molecule has 0 saturated heterocycles. The van der Waals surface area contributed by atoms with Crippen LogP contribution in [-0.4, -0.2) is 16.8 Å². The second-order valence-electron chi connectivity index (χ2n) is 5.81. The molecule has 1 atom stereocenters. The average Bonchev–Trinajstić information content (AvgIpc) is 2.15. The number of rotatable bonds is 5. The maximum atomic E-state index is 11.8. The first-order valence-electron chi connectivity index (χ1n) is 6.03. The molecule has 1 rings (SSSR count). The molecule has 1 aromatic heterocycles. The summed E-state index contributed by atoms with van der Waals surface area (Å²) in [5, 5.41) is 0. The predicted molar refractivity (Wildman–Crippen MR) is 69.6 cm³/mol. The number of ketones is 1. The highest BCUT2D eigenvalue weighted by Gasteiger charge is 2.18. The quantitative estimate of drug-likeness (QED) is 0.850. The molecule has 0 saturated carbocycles. The van der Waals surface area contributed by atoms with Crippen LogP contribution in [0.3, 0.4) is 0 Å². The topological polar surface area (TPSA) is 56.0 Å². The molecular formula is C14H22N2O. The van der Waals surface area contributed by atoms with Gasteiger partial charge in [-0.2, -0.15) is 0 Å². The minimum absolute atomic E-state index is 0.0424. The molecule has 2 N–H and O–H groups in total. The van der Waals surface area contributed by atoms with E-state index in [4.69, 9.17) is 5.73 Å². The molecule has 1 aromatic rings. The smallest absolute Gasteiger partial charge is 0.138 e. The Balaban J connectivity index is 2.40. The van der Waals surface area contributed by atoms with E-state index in [2.05, 4.69) is 25.8 Å². The second kappa shape index (κ2) is 5.92. The molecule has 0 spiro atoms. The molecule has 17 heavy (non-hydrogen) atoms. The Morgan fingerprint density at radius 2 is 2.18 bits per heavy atom. The third-order valence-corrected chi connectivity index (χ3v) is 2.49. The van der Waals surface area contributed by atoms with E-state index in [0.717, 1.165) is 12.0 Å². The van der Waals surface area contributed by atoms with Crippen molar-refractivity contribution >= 4 is 5.78 Å². The number of carbonyl (C=O) groups excluding carboxylic acids is 1.